The monoisotopic (exact) mass is 272 g/mol. The maximum atomic E-state index is 6.07. The summed E-state index contributed by atoms with van der Waals surface area (Å²) >= 11 is 13.7. The van der Waals surface area contributed by atoms with Crippen molar-refractivity contribution in [2.45, 2.75) is 11.5 Å². The third kappa shape index (κ3) is 3.21. The number of thioether (sulfide) groups is 1. The molecule has 1 aromatic carbocycles. The number of hydrogen-bond acceptors (Lipinski definition) is 2. The Morgan fingerprint density at radius 2 is 2.00 bits per heavy atom. The summed E-state index contributed by atoms with van der Waals surface area (Å²) in [5, 5.41) is 1.39. The molecule has 0 radical (unpaired) electrons. The normalized spacial score (nSPS) is 10.6. The second-order valence-electron chi connectivity index (χ2n) is 3.31. The first-order chi connectivity index (χ1) is 7.75. The van der Waals surface area contributed by atoms with E-state index in [0.717, 1.165) is 27.9 Å². The molecule has 0 aliphatic carbocycles. The first kappa shape index (κ1) is 11.9. The molecule has 4 heteroatoms. The molecule has 84 valence electrons. The molecule has 1 heterocycles. The summed E-state index contributed by atoms with van der Waals surface area (Å²) in [5.74, 6) is 2.69. The van der Waals surface area contributed by atoms with E-state index in [-0.39, 0.29) is 0 Å². The van der Waals surface area contributed by atoms with Crippen molar-refractivity contribution in [2.75, 3.05) is 0 Å². The summed E-state index contributed by atoms with van der Waals surface area (Å²) in [6.45, 7) is 0. The van der Waals surface area contributed by atoms with Crippen molar-refractivity contribution in [3.8, 4) is 0 Å². The van der Waals surface area contributed by atoms with Crippen LogP contribution in [0.25, 0.3) is 0 Å². The summed E-state index contributed by atoms with van der Waals surface area (Å²) < 4.78 is 5.25. The highest BCUT2D eigenvalue weighted by Gasteiger charge is 2.02. The SMILES string of the molecule is Clc1ccc(CSCc2ccco2)c(Cl)c1. The predicted molar refractivity (Wildman–Crippen MR) is 70.2 cm³/mol. The zero-order chi connectivity index (χ0) is 11.4. The third-order valence-electron chi connectivity index (χ3n) is 2.10. The lowest BCUT2D eigenvalue weighted by molar-refractivity contribution is 0.530. The molecule has 0 spiro atoms. The van der Waals surface area contributed by atoms with Crippen LogP contribution in [0, 0.1) is 0 Å². The molecule has 0 saturated heterocycles. The van der Waals surface area contributed by atoms with Crippen LogP contribution in [0.3, 0.4) is 0 Å². The molecule has 16 heavy (non-hydrogen) atoms. The third-order valence-corrected chi connectivity index (χ3v) is 3.69. The van der Waals surface area contributed by atoms with E-state index in [4.69, 9.17) is 27.6 Å². The molecule has 0 amide bonds. The lowest BCUT2D eigenvalue weighted by Gasteiger charge is -2.03. The average molecular weight is 273 g/mol. The highest BCUT2D eigenvalue weighted by atomic mass is 35.5. The molecule has 1 nitrogen and oxygen atoms in total. The second-order valence-corrected chi connectivity index (χ2v) is 5.14. The van der Waals surface area contributed by atoms with Crippen LogP contribution in [0.1, 0.15) is 11.3 Å². The topological polar surface area (TPSA) is 13.1 Å². The minimum atomic E-state index is 0.671. The van der Waals surface area contributed by atoms with Crippen LogP contribution < -0.4 is 0 Å². The molecule has 2 aromatic rings. The Kier molecular flexibility index (Phi) is 4.22. The lowest BCUT2D eigenvalue weighted by atomic mass is 10.2. The van der Waals surface area contributed by atoms with Gasteiger partial charge in [-0.1, -0.05) is 29.3 Å². The number of hydrogen-bond donors (Lipinski definition) is 0. The van der Waals surface area contributed by atoms with Crippen LogP contribution in [0.15, 0.2) is 41.0 Å². The van der Waals surface area contributed by atoms with Crippen molar-refractivity contribution in [2.24, 2.45) is 0 Å². The number of furan rings is 1. The van der Waals surface area contributed by atoms with Gasteiger partial charge in [0.25, 0.3) is 0 Å². The molecule has 1 aromatic heterocycles. The fourth-order valence-electron chi connectivity index (χ4n) is 1.30. The summed E-state index contributed by atoms with van der Waals surface area (Å²) in [6.07, 6.45) is 1.69. The van der Waals surface area contributed by atoms with Crippen molar-refractivity contribution in [3.05, 3.63) is 58.0 Å². The summed E-state index contributed by atoms with van der Waals surface area (Å²) in [7, 11) is 0. The van der Waals surface area contributed by atoms with E-state index in [2.05, 4.69) is 0 Å². The number of benzene rings is 1. The summed E-state index contributed by atoms with van der Waals surface area (Å²) in [6, 6.07) is 9.45. The van der Waals surface area contributed by atoms with Crippen molar-refractivity contribution in [1.29, 1.82) is 0 Å². The van der Waals surface area contributed by atoms with E-state index >= 15 is 0 Å². The van der Waals surface area contributed by atoms with Gasteiger partial charge >= 0.3 is 0 Å². The van der Waals surface area contributed by atoms with E-state index in [9.17, 15) is 0 Å². The van der Waals surface area contributed by atoms with Gasteiger partial charge in [0.2, 0.25) is 0 Å². The maximum absolute atomic E-state index is 6.07. The summed E-state index contributed by atoms with van der Waals surface area (Å²) in [4.78, 5) is 0. The van der Waals surface area contributed by atoms with Crippen LogP contribution in [0.5, 0.6) is 0 Å². The molecule has 0 aliphatic rings. The molecule has 0 fully saturated rings. The van der Waals surface area contributed by atoms with Gasteiger partial charge in [-0.25, -0.2) is 0 Å². The van der Waals surface area contributed by atoms with E-state index in [0.29, 0.717) is 5.02 Å². The summed E-state index contributed by atoms with van der Waals surface area (Å²) in [5.41, 5.74) is 1.10. The van der Waals surface area contributed by atoms with E-state index in [1.165, 1.54) is 0 Å². The van der Waals surface area contributed by atoms with Gasteiger partial charge in [0, 0.05) is 15.8 Å². The van der Waals surface area contributed by atoms with Crippen molar-refractivity contribution in [3.63, 3.8) is 0 Å². The Hall–Kier alpha value is -0.570. The van der Waals surface area contributed by atoms with Crippen molar-refractivity contribution >= 4 is 35.0 Å². The Bertz CT molecular complexity index is 454. The zero-order valence-electron chi connectivity index (χ0n) is 8.45. The standard InChI is InChI=1S/C12H10Cl2OS/c13-10-4-3-9(12(14)6-10)7-16-8-11-2-1-5-15-11/h1-6H,7-8H2. The Balaban J connectivity index is 1.90. The van der Waals surface area contributed by atoms with Crippen molar-refractivity contribution < 1.29 is 4.42 Å². The van der Waals surface area contributed by atoms with Crippen LogP contribution in [-0.2, 0) is 11.5 Å². The molecule has 0 atom stereocenters. The second kappa shape index (κ2) is 5.67. The molecule has 0 saturated carbocycles. The molecular weight excluding hydrogens is 263 g/mol. The molecule has 0 bridgehead atoms. The highest BCUT2D eigenvalue weighted by Crippen LogP contribution is 2.26. The average Bonchev–Trinajstić information content (AvgIpc) is 2.74. The lowest BCUT2D eigenvalue weighted by Crippen LogP contribution is -1.83. The van der Waals surface area contributed by atoms with Gasteiger partial charge in [0.05, 0.1) is 12.0 Å². The zero-order valence-corrected chi connectivity index (χ0v) is 10.8. The smallest absolute Gasteiger partial charge is 0.113 e. The van der Waals surface area contributed by atoms with Crippen LogP contribution in [-0.4, -0.2) is 0 Å². The first-order valence-electron chi connectivity index (χ1n) is 4.80. The highest BCUT2D eigenvalue weighted by molar-refractivity contribution is 7.97. The van der Waals surface area contributed by atoms with Crippen molar-refractivity contribution in [1.82, 2.24) is 0 Å². The van der Waals surface area contributed by atoms with Crippen LogP contribution >= 0.6 is 35.0 Å². The molecular formula is C12H10Cl2OS. The molecule has 2 rings (SSSR count). The molecule has 0 N–H and O–H groups in total. The van der Waals surface area contributed by atoms with Crippen LogP contribution in [0.2, 0.25) is 10.0 Å². The first-order valence-corrected chi connectivity index (χ1v) is 6.71. The fraction of sp³-hybridized carbons (Fsp3) is 0.167. The quantitative estimate of drug-likeness (QED) is 0.775. The Morgan fingerprint density at radius 3 is 2.69 bits per heavy atom. The van der Waals surface area contributed by atoms with Gasteiger partial charge < -0.3 is 4.42 Å². The van der Waals surface area contributed by atoms with E-state index in [1.807, 2.05) is 24.3 Å². The molecule has 0 unspecified atom stereocenters. The number of halogens is 2. The van der Waals surface area contributed by atoms with Gasteiger partial charge in [0.1, 0.15) is 5.76 Å². The molecule has 0 aliphatic heterocycles. The van der Waals surface area contributed by atoms with Crippen LogP contribution in [0.4, 0.5) is 0 Å². The van der Waals surface area contributed by atoms with Gasteiger partial charge in [-0.15, -0.1) is 11.8 Å². The van der Waals surface area contributed by atoms with Gasteiger partial charge in [0.15, 0.2) is 0 Å². The predicted octanol–water partition coefficient (Wildman–Crippen LogP) is 5.02. The maximum Gasteiger partial charge on any atom is 0.113 e. The fourth-order valence-corrected chi connectivity index (χ4v) is 2.79. The van der Waals surface area contributed by atoms with E-state index in [1.54, 1.807) is 24.1 Å². The Morgan fingerprint density at radius 1 is 1.12 bits per heavy atom. The largest absolute Gasteiger partial charge is 0.468 e. The minimum Gasteiger partial charge on any atom is -0.468 e. The van der Waals surface area contributed by atoms with E-state index < -0.39 is 0 Å². The Labute approximate surface area is 109 Å². The van der Waals surface area contributed by atoms with Gasteiger partial charge in [-0.05, 0) is 29.8 Å². The van der Waals surface area contributed by atoms with Gasteiger partial charge in [-0.2, -0.15) is 0 Å². The van der Waals surface area contributed by atoms with Gasteiger partial charge in [-0.3, -0.25) is 0 Å². The minimum absolute atomic E-state index is 0.671. The number of rotatable bonds is 4.